The summed E-state index contributed by atoms with van der Waals surface area (Å²) in [7, 11) is 0. The highest BCUT2D eigenvalue weighted by Crippen LogP contribution is 2.10. The first kappa shape index (κ1) is 16.0. The van der Waals surface area contributed by atoms with E-state index in [0.717, 1.165) is 45.7 Å². The van der Waals surface area contributed by atoms with Crippen LogP contribution in [0.15, 0.2) is 17.2 Å². The first-order chi connectivity index (χ1) is 10.2. The van der Waals surface area contributed by atoms with Crippen LogP contribution >= 0.6 is 0 Å². The van der Waals surface area contributed by atoms with Crippen LogP contribution < -0.4 is 16.2 Å². The van der Waals surface area contributed by atoms with Crippen LogP contribution in [0.4, 0.5) is 5.82 Å². The third-order valence-corrected chi connectivity index (χ3v) is 4.10. The molecule has 0 saturated carbocycles. The van der Waals surface area contributed by atoms with E-state index in [2.05, 4.69) is 21.7 Å². The van der Waals surface area contributed by atoms with Gasteiger partial charge in [0, 0.05) is 45.1 Å². The quantitative estimate of drug-likeness (QED) is 0.849. The van der Waals surface area contributed by atoms with E-state index < -0.39 is 0 Å². The maximum atomic E-state index is 12.3. The summed E-state index contributed by atoms with van der Waals surface area (Å²) < 4.78 is 1.71. The second kappa shape index (κ2) is 7.56. The van der Waals surface area contributed by atoms with Crippen LogP contribution in [-0.2, 0) is 6.54 Å². The van der Waals surface area contributed by atoms with E-state index in [9.17, 15) is 4.79 Å². The van der Waals surface area contributed by atoms with E-state index in [1.807, 2.05) is 6.92 Å². The number of aromatic nitrogens is 2. The normalized spacial score (nSPS) is 18.5. The summed E-state index contributed by atoms with van der Waals surface area (Å²) in [5.74, 6) is 1.11. The van der Waals surface area contributed by atoms with Gasteiger partial charge in [0.1, 0.15) is 0 Å². The van der Waals surface area contributed by atoms with E-state index in [1.54, 1.807) is 17.0 Å². The van der Waals surface area contributed by atoms with Gasteiger partial charge < -0.3 is 20.1 Å². The summed E-state index contributed by atoms with van der Waals surface area (Å²) in [6.45, 7) is 10.4. The van der Waals surface area contributed by atoms with E-state index in [1.165, 1.54) is 0 Å². The Hall–Kier alpha value is -1.40. The van der Waals surface area contributed by atoms with Gasteiger partial charge in [-0.05, 0) is 32.4 Å². The third kappa shape index (κ3) is 4.04. The lowest BCUT2D eigenvalue weighted by molar-refractivity contribution is 0.255. The van der Waals surface area contributed by atoms with Crippen LogP contribution in [0, 0.1) is 5.92 Å². The Labute approximate surface area is 126 Å². The van der Waals surface area contributed by atoms with Crippen molar-refractivity contribution in [3.8, 4) is 0 Å². The molecule has 1 aliphatic rings. The zero-order valence-corrected chi connectivity index (χ0v) is 13.2. The third-order valence-electron chi connectivity index (χ3n) is 4.10. The zero-order valence-electron chi connectivity index (χ0n) is 13.2. The minimum atomic E-state index is 0.0174. The van der Waals surface area contributed by atoms with Crippen LogP contribution in [-0.4, -0.2) is 53.7 Å². The molecule has 2 N–H and O–H groups in total. The molecule has 0 radical (unpaired) electrons. The minimum Gasteiger partial charge on any atom is -0.351 e. The number of hydrogen-bond donors (Lipinski definition) is 1. The summed E-state index contributed by atoms with van der Waals surface area (Å²) >= 11 is 0. The fraction of sp³-hybridized carbons (Fsp3) is 0.733. The van der Waals surface area contributed by atoms with Crippen molar-refractivity contribution in [2.24, 2.45) is 11.7 Å². The molecule has 118 valence electrons. The highest BCUT2D eigenvalue weighted by atomic mass is 16.1. The van der Waals surface area contributed by atoms with Crippen molar-refractivity contribution in [3.05, 3.63) is 22.7 Å². The second-order valence-corrected chi connectivity index (χ2v) is 5.82. The monoisotopic (exact) mass is 293 g/mol. The molecule has 6 heteroatoms. The lowest BCUT2D eigenvalue weighted by Crippen LogP contribution is -2.37. The average molecular weight is 293 g/mol. The molecule has 1 saturated heterocycles. The van der Waals surface area contributed by atoms with Crippen LogP contribution in [0.3, 0.4) is 0 Å². The molecule has 1 unspecified atom stereocenters. The van der Waals surface area contributed by atoms with Crippen LogP contribution in [0.25, 0.3) is 0 Å². The van der Waals surface area contributed by atoms with Gasteiger partial charge in [-0.2, -0.15) is 0 Å². The van der Waals surface area contributed by atoms with Gasteiger partial charge in [0.05, 0.1) is 0 Å². The average Bonchev–Trinajstić information content (AvgIpc) is 2.73. The number of nitrogens with zero attached hydrogens (tertiary/aromatic N) is 4. The van der Waals surface area contributed by atoms with Crippen LogP contribution in [0.1, 0.15) is 20.3 Å². The molecule has 0 spiro atoms. The fourth-order valence-electron chi connectivity index (χ4n) is 2.78. The first-order valence-electron chi connectivity index (χ1n) is 7.88. The summed E-state index contributed by atoms with van der Waals surface area (Å²) in [4.78, 5) is 21.2. The van der Waals surface area contributed by atoms with Crippen molar-refractivity contribution in [3.63, 3.8) is 0 Å². The van der Waals surface area contributed by atoms with Crippen LogP contribution in [0.2, 0.25) is 0 Å². The van der Waals surface area contributed by atoms with Gasteiger partial charge in [0.15, 0.2) is 5.82 Å². The van der Waals surface area contributed by atoms with Crippen molar-refractivity contribution in [1.82, 2.24) is 14.5 Å². The van der Waals surface area contributed by atoms with E-state index in [-0.39, 0.29) is 5.56 Å². The maximum Gasteiger partial charge on any atom is 0.293 e. The Morgan fingerprint density at radius 3 is 2.86 bits per heavy atom. The predicted molar refractivity (Wildman–Crippen MR) is 85.7 cm³/mol. The zero-order chi connectivity index (χ0) is 15.2. The number of nitrogens with two attached hydrogens (primary N) is 1. The van der Waals surface area contributed by atoms with Gasteiger partial charge in [-0.25, -0.2) is 4.98 Å². The lowest BCUT2D eigenvalue weighted by atomic mass is 10.1. The summed E-state index contributed by atoms with van der Waals surface area (Å²) in [6, 6.07) is 0. The van der Waals surface area contributed by atoms with E-state index in [4.69, 9.17) is 5.73 Å². The molecule has 0 bridgehead atoms. The Morgan fingerprint density at radius 1 is 1.33 bits per heavy atom. The maximum absolute atomic E-state index is 12.3. The highest BCUT2D eigenvalue weighted by Gasteiger charge is 2.19. The van der Waals surface area contributed by atoms with Gasteiger partial charge in [-0.3, -0.25) is 4.79 Å². The molecule has 0 amide bonds. The van der Waals surface area contributed by atoms with Crippen molar-refractivity contribution in [2.75, 3.05) is 44.2 Å². The smallest absolute Gasteiger partial charge is 0.293 e. The lowest BCUT2D eigenvalue weighted by Gasteiger charge is -2.24. The topological polar surface area (TPSA) is 67.4 Å². The molecule has 0 aliphatic carbocycles. The van der Waals surface area contributed by atoms with E-state index in [0.29, 0.717) is 18.3 Å². The number of rotatable bonds is 5. The summed E-state index contributed by atoms with van der Waals surface area (Å²) in [5, 5.41) is 0. The van der Waals surface area contributed by atoms with Gasteiger partial charge >= 0.3 is 0 Å². The Bertz CT molecular complexity index is 501. The summed E-state index contributed by atoms with van der Waals surface area (Å²) in [6.07, 6.45) is 4.53. The number of aryl methyl sites for hydroxylation is 1. The van der Waals surface area contributed by atoms with Gasteiger partial charge in [-0.1, -0.05) is 6.92 Å². The molecule has 1 aromatic rings. The standard InChI is InChI=1S/C15H27N5O/c1-3-19-8-5-17-14(15(19)21)20-7-4-6-18(9-10-20)12-13(2)11-16/h5,8,13H,3-4,6-7,9-12,16H2,1-2H3. The molecule has 1 fully saturated rings. The van der Waals surface area contributed by atoms with Crippen molar-refractivity contribution in [2.45, 2.75) is 26.8 Å². The van der Waals surface area contributed by atoms with Crippen molar-refractivity contribution >= 4 is 5.82 Å². The molecule has 1 atom stereocenters. The van der Waals surface area contributed by atoms with E-state index >= 15 is 0 Å². The largest absolute Gasteiger partial charge is 0.351 e. The summed E-state index contributed by atoms with van der Waals surface area (Å²) in [5.41, 5.74) is 5.72. The van der Waals surface area contributed by atoms with Gasteiger partial charge in [0.25, 0.3) is 5.56 Å². The molecule has 1 aromatic heterocycles. The van der Waals surface area contributed by atoms with Crippen molar-refractivity contribution in [1.29, 1.82) is 0 Å². The molecular weight excluding hydrogens is 266 g/mol. The molecule has 2 rings (SSSR count). The molecule has 0 aromatic carbocycles. The van der Waals surface area contributed by atoms with Gasteiger partial charge in [0.2, 0.25) is 0 Å². The highest BCUT2D eigenvalue weighted by molar-refractivity contribution is 5.35. The Balaban J connectivity index is 2.05. The Kier molecular flexibility index (Phi) is 5.76. The molecule has 1 aliphatic heterocycles. The number of anilines is 1. The second-order valence-electron chi connectivity index (χ2n) is 5.82. The molecule has 6 nitrogen and oxygen atoms in total. The molecule has 21 heavy (non-hydrogen) atoms. The predicted octanol–water partition coefficient (Wildman–Crippen LogP) is 0.370. The molecule has 2 heterocycles. The van der Waals surface area contributed by atoms with Crippen molar-refractivity contribution < 1.29 is 0 Å². The fourth-order valence-corrected chi connectivity index (χ4v) is 2.78. The molecular formula is C15H27N5O. The minimum absolute atomic E-state index is 0.0174. The Morgan fingerprint density at radius 2 is 2.14 bits per heavy atom. The SMILES string of the molecule is CCn1ccnc(N2CCCN(CC(C)CN)CC2)c1=O. The first-order valence-corrected chi connectivity index (χ1v) is 7.88. The number of hydrogen-bond acceptors (Lipinski definition) is 5. The van der Waals surface area contributed by atoms with Gasteiger partial charge in [-0.15, -0.1) is 0 Å². The van der Waals surface area contributed by atoms with Crippen LogP contribution in [0.5, 0.6) is 0 Å².